The van der Waals surface area contributed by atoms with E-state index in [1.165, 1.54) is 0 Å². The maximum absolute atomic E-state index is 11.8. The van der Waals surface area contributed by atoms with Gasteiger partial charge in [-0.3, -0.25) is 9.59 Å². The number of aromatic amines is 1. The van der Waals surface area contributed by atoms with Gasteiger partial charge in [0.2, 0.25) is 0 Å². The summed E-state index contributed by atoms with van der Waals surface area (Å²) in [6.45, 7) is 1.53. The number of carbonyl (C=O) groups is 1. The Bertz CT molecular complexity index is 633. The molecule has 5 nitrogen and oxygen atoms in total. The molecule has 18 heavy (non-hydrogen) atoms. The van der Waals surface area contributed by atoms with Crippen LogP contribution >= 0.6 is 0 Å². The van der Waals surface area contributed by atoms with Crippen molar-refractivity contribution < 1.29 is 9.90 Å². The van der Waals surface area contributed by atoms with Crippen molar-refractivity contribution >= 4 is 16.7 Å². The van der Waals surface area contributed by atoms with Gasteiger partial charge < -0.3 is 15.4 Å². The number of benzene rings is 1. The lowest BCUT2D eigenvalue weighted by molar-refractivity contribution is 0.0917. The molecule has 0 radical (unpaired) electrons. The zero-order valence-electron chi connectivity index (χ0n) is 9.93. The van der Waals surface area contributed by atoms with E-state index >= 15 is 0 Å². The number of hydrogen-bond acceptors (Lipinski definition) is 3. The highest BCUT2D eigenvalue weighted by atomic mass is 16.3. The summed E-state index contributed by atoms with van der Waals surface area (Å²) < 4.78 is 0. The molecule has 0 saturated carbocycles. The average molecular weight is 246 g/mol. The third kappa shape index (κ3) is 2.41. The fourth-order valence-corrected chi connectivity index (χ4v) is 1.68. The van der Waals surface area contributed by atoms with Crippen molar-refractivity contribution in [3.63, 3.8) is 0 Å². The summed E-state index contributed by atoms with van der Waals surface area (Å²) in [5.74, 6) is -0.403. The summed E-state index contributed by atoms with van der Waals surface area (Å²) in [7, 11) is 0. The van der Waals surface area contributed by atoms with Crippen LogP contribution in [0.15, 0.2) is 35.1 Å². The summed E-state index contributed by atoms with van der Waals surface area (Å²) in [6.07, 6.45) is 0. The Labute approximate surface area is 103 Å². The molecule has 0 aliphatic heterocycles. The largest absolute Gasteiger partial charge is 0.394 e. The lowest BCUT2D eigenvalue weighted by atomic mass is 10.1. The molecule has 0 bridgehead atoms. The molecule has 1 aromatic carbocycles. The Balaban J connectivity index is 2.41. The molecule has 5 heteroatoms. The van der Waals surface area contributed by atoms with Crippen molar-refractivity contribution in [2.75, 3.05) is 6.61 Å². The van der Waals surface area contributed by atoms with E-state index in [9.17, 15) is 9.59 Å². The molecule has 3 N–H and O–H groups in total. The quantitative estimate of drug-likeness (QED) is 0.743. The van der Waals surface area contributed by atoms with Crippen LogP contribution in [-0.2, 0) is 0 Å². The van der Waals surface area contributed by atoms with Crippen molar-refractivity contribution in [2.24, 2.45) is 0 Å². The van der Waals surface area contributed by atoms with Gasteiger partial charge in [0.15, 0.2) is 0 Å². The number of aromatic nitrogens is 1. The SMILES string of the molecule is C[C@H](CO)NC(=O)c1cc2ccccc2c(=O)[nH]1. The molecule has 94 valence electrons. The fourth-order valence-electron chi connectivity index (χ4n) is 1.68. The molecule has 1 amide bonds. The highest BCUT2D eigenvalue weighted by Gasteiger charge is 2.11. The number of carbonyl (C=O) groups excluding carboxylic acids is 1. The smallest absolute Gasteiger partial charge is 0.268 e. The van der Waals surface area contributed by atoms with Gasteiger partial charge in [-0.05, 0) is 24.4 Å². The van der Waals surface area contributed by atoms with Crippen LogP contribution in [0.3, 0.4) is 0 Å². The fraction of sp³-hybridized carbons (Fsp3) is 0.231. The Morgan fingerprint density at radius 3 is 2.89 bits per heavy atom. The minimum atomic E-state index is -0.403. The number of pyridine rings is 1. The van der Waals surface area contributed by atoms with Crippen LogP contribution in [0.2, 0.25) is 0 Å². The first-order chi connectivity index (χ1) is 8.61. The topological polar surface area (TPSA) is 82.2 Å². The van der Waals surface area contributed by atoms with Crippen molar-refractivity contribution in [3.8, 4) is 0 Å². The van der Waals surface area contributed by atoms with Crippen molar-refractivity contribution in [1.29, 1.82) is 0 Å². The molecule has 0 unspecified atom stereocenters. The van der Waals surface area contributed by atoms with Gasteiger partial charge in [-0.15, -0.1) is 0 Å². The van der Waals surface area contributed by atoms with E-state index in [1.807, 2.05) is 0 Å². The van der Waals surface area contributed by atoms with Crippen molar-refractivity contribution in [2.45, 2.75) is 13.0 Å². The molecule has 2 rings (SSSR count). The van der Waals surface area contributed by atoms with E-state index in [-0.39, 0.29) is 23.9 Å². The second kappa shape index (κ2) is 5.01. The number of fused-ring (bicyclic) bond motifs is 1. The molecule has 0 spiro atoms. The minimum absolute atomic E-state index is 0.149. The Kier molecular flexibility index (Phi) is 3.43. The summed E-state index contributed by atoms with van der Waals surface area (Å²) in [4.78, 5) is 26.1. The van der Waals surface area contributed by atoms with E-state index in [1.54, 1.807) is 37.3 Å². The van der Waals surface area contributed by atoms with Gasteiger partial charge in [0.1, 0.15) is 5.69 Å². The number of hydrogen-bond donors (Lipinski definition) is 3. The number of H-pyrrole nitrogens is 1. The van der Waals surface area contributed by atoms with Gasteiger partial charge in [-0.2, -0.15) is 0 Å². The summed E-state index contributed by atoms with van der Waals surface area (Å²) in [5.41, 5.74) is -0.103. The first kappa shape index (κ1) is 12.3. The molecular formula is C13H14N2O3. The van der Waals surface area contributed by atoms with Crippen LogP contribution in [0.1, 0.15) is 17.4 Å². The van der Waals surface area contributed by atoms with Gasteiger partial charge in [0.05, 0.1) is 6.61 Å². The molecule has 0 aliphatic rings. The number of nitrogens with one attached hydrogen (secondary N) is 2. The number of rotatable bonds is 3. The summed E-state index contributed by atoms with van der Waals surface area (Å²) >= 11 is 0. The van der Waals surface area contributed by atoms with Gasteiger partial charge in [0, 0.05) is 11.4 Å². The predicted octanol–water partition coefficient (Wildman–Crippen LogP) is 0.639. The number of amides is 1. The van der Waals surface area contributed by atoms with Gasteiger partial charge in [-0.25, -0.2) is 0 Å². The molecule has 1 aromatic heterocycles. The monoisotopic (exact) mass is 246 g/mol. The maximum Gasteiger partial charge on any atom is 0.268 e. The van der Waals surface area contributed by atoms with E-state index in [0.29, 0.717) is 10.8 Å². The first-order valence-corrected chi connectivity index (χ1v) is 5.65. The highest BCUT2D eigenvalue weighted by molar-refractivity contribution is 5.96. The first-order valence-electron chi connectivity index (χ1n) is 5.65. The Morgan fingerprint density at radius 1 is 1.44 bits per heavy atom. The third-order valence-electron chi connectivity index (χ3n) is 2.65. The second-order valence-corrected chi connectivity index (χ2v) is 4.16. The second-order valence-electron chi connectivity index (χ2n) is 4.16. The maximum atomic E-state index is 11.8. The molecule has 1 heterocycles. The van der Waals surface area contributed by atoms with Gasteiger partial charge in [-0.1, -0.05) is 18.2 Å². The molecule has 0 saturated heterocycles. The molecule has 0 aliphatic carbocycles. The lowest BCUT2D eigenvalue weighted by Crippen LogP contribution is -2.36. The van der Waals surface area contributed by atoms with Gasteiger partial charge >= 0.3 is 0 Å². The van der Waals surface area contributed by atoms with Crippen LogP contribution in [0.25, 0.3) is 10.8 Å². The zero-order chi connectivity index (χ0) is 13.1. The average Bonchev–Trinajstić information content (AvgIpc) is 2.38. The Hall–Kier alpha value is -2.14. The van der Waals surface area contributed by atoms with Crippen LogP contribution in [0, 0.1) is 0 Å². The number of aliphatic hydroxyl groups excluding tert-OH is 1. The Morgan fingerprint density at radius 2 is 2.17 bits per heavy atom. The molecule has 0 fully saturated rings. The predicted molar refractivity (Wildman–Crippen MR) is 68.6 cm³/mol. The molecule has 1 atom stereocenters. The summed E-state index contributed by atoms with van der Waals surface area (Å²) in [6, 6.07) is 8.32. The summed E-state index contributed by atoms with van der Waals surface area (Å²) in [5, 5.41) is 12.7. The van der Waals surface area contributed by atoms with Crippen molar-refractivity contribution in [3.05, 3.63) is 46.4 Å². The highest BCUT2D eigenvalue weighted by Crippen LogP contribution is 2.09. The third-order valence-corrected chi connectivity index (χ3v) is 2.65. The zero-order valence-corrected chi connectivity index (χ0v) is 9.93. The van der Waals surface area contributed by atoms with Crippen LogP contribution in [0.5, 0.6) is 0 Å². The normalized spacial score (nSPS) is 12.3. The van der Waals surface area contributed by atoms with Crippen molar-refractivity contribution in [1.82, 2.24) is 10.3 Å². The van der Waals surface area contributed by atoms with Crippen LogP contribution in [0.4, 0.5) is 0 Å². The number of aliphatic hydroxyl groups is 1. The van der Waals surface area contributed by atoms with Crippen LogP contribution < -0.4 is 10.9 Å². The molecular weight excluding hydrogens is 232 g/mol. The van der Waals surface area contributed by atoms with Crippen LogP contribution in [-0.4, -0.2) is 28.6 Å². The minimum Gasteiger partial charge on any atom is -0.394 e. The van der Waals surface area contributed by atoms with E-state index in [4.69, 9.17) is 5.11 Å². The molecule has 2 aromatic rings. The lowest BCUT2D eigenvalue weighted by Gasteiger charge is -2.10. The van der Waals surface area contributed by atoms with E-state index in [2.05, 4.69) is 10.3 Å². The van der Waals surface area contributed by atoms with E-state index < -0.39 is 5.91 Å². The van der Waals surface area contributed by atoms with E-state index in [0.717, 1.165) is 0 Å². The standard InChI is InChI=1S/C13H14N2O3/c1-8(7-16)14-13(18)11-6-9-4-2-3-5-10(9)12(17)15-11/h2-6,8,16H,7H2,1H3,(H,14,18)(H,15,17)/t8-/m1/s1. The van der Waals surface area contributed by atoms with Gasteiger partial charge in [0.25, 0.3) is 11.5 Å².